The Kier molecular flexibility index (Phi) is 7.00. The van der Waals surface area contributed by atoms with Crippen LogP contribution in [0, 0.1) is 24.1 Å². The molecule has 2 N–H and O–H groups in total. The third-order valence-electron chi connectivity index (χ3n) is 6.95. The third-order valence-corrected chi connectivity index (χ3v) is 8.15. The summed E-state index contributed by atoms with van der Waals surface area (Å²) in [6.07, 6.45) is 4.87. The maximum atomic E-state index is 14.9. The van der Waals surface area contributed by atoms with Crippen molar-refractivity contribution in [3.05, 3.63) is 64.7 Å². The highest BCUT2D eigenvalue weighted by molar-refractivity contribution is 7.15. The molecule has 4 aromatic rings. The number of hydrogen-bond acceptors (Lipinski definition) is 7. The lowest BCUT2D eigenvalue weighted by atomic mass is 9.92. The molecule has 7 nitrogen and oxygen atoms in total. The van der Waals surface area contributed by atoms with Crippen LogP contribution in [0.1, 0.15) is 55.7 Å². The summed E-state index contributed by atoms with van der Waals surface area (Å²) in [7, 11) is 0. The fourth-order valence-electron chi connectivity index (χ4n) is 5.01. The Bertz CT molecular complexity index is 1590. The van der Waals surface area contributed by atoms with E-state index >= 15 is 0 Å². The molecule has 1 aliphatic heterocycles. The third kappa shape index (κ3) is 5.30. The molecule has 3 heterocycles. The van der Waals surface area contributed by atoms with Crippen LogP contribution in [0.15, 0.2) is 42.7 Å². The molecule has 1 aliphatic rings. The fourth-order valence-corrected chi connectivity index (χ4v) is 6.12. The van der Waals surface area contributed by atoms with E-state index in [1.165, 1.54) is 6.07 Å². The number of aromatic nitrogens is 2. The van der Waals surface area contributed by atoms with Crippen molar-refractivity contribution in [1.29, 1.82) is 5.26 Å². The van der Waals surface area contributed by atoms with Crippen LogP contribution in [0.4, 0.5) is 15.0 Å². The number of hydrogen-bond donors (Lipinski definition) is 1. The predicted molar refractivity (Wildman–Crippen MR) is 152 cm³/mol. The zero-order valence-corrected chi connectivity index (χ0v) is 23.2. The number of pyridine rings is 1. The van der Waals surface area contributed by atoms with E-state index in [4.69, 9.17) is 15.5 Å². The number of thiazole rings is 1. The lowest BCUT2D eigenvalue weighted by Crippen LogP contribution is -2.41. The summed E-state index contributed by atoms with van der Waals surface area (Å²) in [6, 6.07) is 10.6. The number of carbonyl (C=O) groups excluding carboxylic acids is 1. The Labute approximate surface area is 231 Å². The number of carbonyl (C=O) groups is 1. The summed E-state index contributed by atoms with van der Waals surface area (Å²) in [5.41, 5.74) is 8.53. The van der Waals surface area contributed by atoms with Crippen LogP contribution in [-0.4, -0.2) is 39.7 Å². The summed E-state index contributed by atoms with van der Waals surface area (Å²) >= 11 is 1.59. The predicted octanol–water partition coefficient (Wildman–Crippen LogP) is 7.04. The molecule has 0 atom stereocenters. The monoisotopic (exact) mass is 543 g/mol. The van der Waals surface area contributed by atoms with Gasteiger partial charge in [0, 0.05) is 53.5 Å². The number of nitrogen functional groups attached to an aromatic ring is 1. The highest BCUT2D eigenvalue weighted by atomic mass is 32.1. The number of likely N-dealkylation sites (tertiary alicyclic amines) is 1. The van der Waals surface area contributed by atoms with Gasteiger partial charge in [-0.2, -0.15) is 5.26 Å². The Morgan fingerprint density at radius 3 is 2.56 bits per heavy atom. The second-order valence-corrected chi connectivity index (χ2v) is 11.9. The highest BCUT2D eigenvalue weighted by Crippen LogP contribution is 2.41. The van der Waals surface area contributed by atoms with Gasteiger partial charge in [-0.15, -0.1) is 11.3 Å². The Balaban J connectivity index is 1.48. The van der Waals surface area contributed by atoms with Gasteiger partial charge < -0.3 is 15.4 Å². The maximum absolute atomic E-state index is 14.9. The molecular formula is C30H30FN5O2S. The molecule has 2 aromatic heterocycles. The number of nitrogens with zero attached hydrogens (tertiary/aromatic N) is 4. The minimum atomic E-state index is -0.521. The van der Waals surface area contributed by atoms with Crippen molar-refractivity contribution in [2.24, 2.45) is 0 Å². The molecule has 0 spiro atoms. The topological polar surface area (TPSA) is 105 Å². The first kappa shape index (κ1) is 26.6. The summed E-state index contributed by atoms with van der Waals surface area (Å²) < 4.78 is 20.5. The van der Waals surface area contributed by atoms with Gasteiger partial charge in [0.1, 0.15) is 17.2 Å². The number of aryl methyl sites for hydroxylation is 1. The molecule has 5 rings (SSSR count). The first-order chi connectivity index (χ1) is 18.6. The molecule has 2 aromatic carbocycles. The minimum Gasteiger partial charge on any atom is -0.444 e. The zero-order valence-electron chi connectivity index (χ0n) is 22.4. The molecule has 0 unspecified atom stereocenters. The molecule has 1 saturated heterocycles. The van der Waals surface area contributed by atoms with Gasteiger partial charge in [0.2, 0.25) is 0 Å². The number of piperidine rings is 1. The minimum absolute atomic E-state index is 0.234. The van der Waals surface area contributed by atoms with Gasteiger partial charge in [-0.05, 0) is 69.7 Å². The molecule has 0 radical (unpaired) electrons. The highest BCUT2D eigenvalue weighted by Gasteiger charge is 2.29. The maximum Gasteiger partial charge on any atom is 0.410 e. The van der Waals surface area contributed by atoms with E-state index in [-0.39, 0.29) is 17.8 Å². The molecular weight excluding hydrogens is 513 g/mol. The quantitative estimate of drug-likeness (QED) is 0.297. The van der Waals surface area contributed by atoms with Crippen LogP contribution < -0.4 is 5.73 Å². The van der Waals surface area contributed by atoms with Crippen LogP contribution in [0.3, 0.4) is 0 Å². The van der Waals surface area contributed by atoms with E-state index in [1.54, 1.807) is 34.6 Å². The number of anilines is 1. The SMILES string of the molecule is Cc1cccc(F)c1-c1cc2c(-c3cnc(C4CCN(C(=O)OC(C)(C)C)CC4)s3)cnc(N)c2cc1C#N. The normalized spacial score (nSPS) is 14.4. The lowest BCUT2D eigenvalue weighted by Gasteiger charge is -2.32. The number of halogens is 1. The summed E-state index contributed by atoms with van der Waals surface area (Å²) in [5, 5.41) is 12.3. The number of amides is 1. The van der Waals surface area contributed by atoms with Gasteiger partial charge in [-0.25, -0.2) is 19.2 Å². The number of fused-ring (bicyclic) bond motifs is 1. The number of ether oxygens (including phenoxy) is 1. The first-order valence-electron chi connectivity index (χ1n) is 12.9. The Hall–Kier alpha value is -4.03. The van der Waals surface area contributed by atoms with E-state index in [0.29, 0.717) is 41.0 Å². The second-order valence-electron chi connectivity index (χ2n) is 10.8. The van der Waals surface area contributed by atoms with E-state index in [1.807, 2.05) is 46.0 Å². The van der Waals surface area contributed by atoms with Gasteiger partial charge in [-0.1, -0.05) is 12.1 Å². The molecule has 9 heteroatoms. The first-order valence-corrected chi connectivity index (χ1v) is 13.7. The molecule has 0 bridgehead atoms. The van der Waals surface area contributed by atoms with E-state index in [2.05, 4.69) is 11.1 Å². The van der Waals surface area contributed by atoms with Crippen LogP contribution in [0.5, 0.6) is 0 Å². The number of rotatable bonds is 3. The average Bonchev–Trinajstić information content (AvgIpc) is 3.38. The zero-order chi connectivity index (χ0) is 27.9. The summed E-state index contributed by atoms with van der Waals surface area (Å²) in [6.45, 7) is 8.66. The number of nitriles is 1. The molecule has 0 aliphatic carbocycles. The molecule has 1 fully saturated rings. The van der Waals surface area contributed by atoms with Crippen LogP contribution >= 0.6 is 11.3 Å². The molecule has 0 saturated carbocycles. The van der Waals surface area contributed by atoms with Gasteiger partial charge in [0.15, 0.2) is 0 Å². The summed E-state index contributed by atoms with van der Waals surface area (Å²) in [5.74, 6) is 0.158. The summed E-state index contributed by atoms with van der Waals surface area (Å²) in [4.78, 5) is 24.2. The van der Waals surface area contributed by atoms with Crippen molar-refractivity contribution < 1.29 is 13.9 Å². The average molecular weight is 544 g/mol. The van der Waals surface area contributed by atoms with Crippen molar-refractivity contribution in [1.82, 2.24) is 14.9 Å². The van der Waals surface area contributed by atoms with Crippen LogP contribution in [0.2, 0.25) is 0 Å². The van der Waals surface area contributed by atoms with Gasteiger partial charge >= 0.3 is 6.09 Å². The van der Waals surface area contributed by atoms with Gasteiger partial charge in [-0.3, -0.25) is 0 Å². The van der Waals surface area contributed by atoms with E-state index in [9.17, 15) is 14.4 Å². The van der Waals surface area contributed by atoms with Crippen molar-refractivity contribution >= 4 is 34.0 Å². The van der Waals surface area contributed by atoms with Crippen molar-refractivity contribution in [2.75, 3.05) is 18.8 Å². The second kappa shape index (κ2) is 10.3. The van der Waals surface area contributed by atoms with Crippen molar-refractivity contribution in [2.45, 2.75) is 52.1 Å². The molecule has 1 amide bonds. The van der Waals surface area contributed by atoms with Gasteiger partial charge in [0.05, 0.1) is 21.5 Å². The van der Waals surface area contributed by atoms with Crippen molar-refractivity contribution in [3.63, 3.8) is 0 Å². The Morgan fingerprint density at radius 1 is 1.15 bits per heavy atom. The molecule has 39 heavy (non-hydrogen) atoms. The van der Waals surface area contributed by atoms with Crippen molar-refractivity contribution in [3.8, 4) is 27.6 Å². The van der Waals surface area contributed by atoms with E-state index in [0.717, 1.165) is 39.2 Å². The smallest absolute Gasteiger partial charge is 0.410 e. The largest absolute Gasteiger partial charge is 0.444 e. The number of benzene rings is 2. The number of nitrogens with two attached hydrogens (primary N) is 1. The van der Waals surface area contributed by atoms with Crippen LogP contribution in [0.25, 0.3) is 32.3 Å². The Morgan fingerprint density at radius 2 is 1.90 bits per heavy atom. The van der Waals surface area contributed by atoms with Crippen LogP contribution in [-0.2, 0) is 4.74 Å². The van der Waals surface area contributed by atoms with Gasteiger partial charge in [0.25, 0.3) is 0 Å². The molecule has 200 valence electrons. The lowest BCUT2D eigenvalue weighted by molar-refractivity contribution is 0.0205. The van der Waals surface area contributed by atoms with E-state index < -0.39 is 5.60 Å². The standard InChI is InChI=1S/C30H30FN5O2S/c1-17-6-5-7-24(31)26(17)20-13-21-22(12-19(20)14-32)27(33)34-15-23(21)25-16-35-28(39-25)18-8-10-36(11-9-18)29(37)38-30(2,3)4/h5-7,12-13,15-16,18H,8-11H2,1-4H3,(H2,33,34). The fraction of sp³-hybridized carbons (Fsp3) is 0.333.